The Morgan fingerprint density at radius 2 is 1.90 bits per heavy atom. The molecule has 0 aromatic heterocycles. The Morgan fingerprint density at radius 1 is 1.17 bits per heavy atom. The molecule has 0 bridgehead atoms. The molecule has 8 heteroatoms. The Labute approximate surface area is 192 Å². The first kappa shape index (κ1) is 25.5. The molecule has 1 aromatic carbocycles. The van der Waals surface area contributed by atoms with Gasteiger partial charge in [-0.15, -0.1) is 24.0 Å². The fraction of sp³-hybridized carbons (Fsp3) is 0.619. The van der Waals surface area contributed by atoms with Gasteiger partial charge in [0.05, 0.1) is 13.2 Å². The number of ether oxygens (including phenoxy) is 1. The predicted molar refractivity (Wildman–Crippen MR) is 129 cm³/mol. The third-order valence-electron chi connectivity index (χ3n) is 4.98. The molecule has 1 saturated heterocycles. The van der Waals surface area contributed by atoms with Gasteiger partial charge in [0.2, 0.25) is 5.91 Å². The van der Waals surface area contributed by atoms with Gasteiger partial charge in [0, 0.05) is 38.7 Å². The monoisotopic (exact) mass is 517 g/mol. The molecule has 1 aromatic rings. The smallest absolute Gasteiger partial charge is 0.221 e. The number of benzene rings is 1. The van der Waals surface area contributed by atoms with Crippen molar-refractivity contribution in [3.05, 3.63) is 29.8 Å². The summed E-state index contributed by atoms with van der Waals surface area (Å²) in [5.74, 6) is 1.69. The number of hydrogen-bond acceptors (Lipinski definition) is 4. The maximum absolute atomic E-state index is 11.7. The Bertz CT molecular complexity index is 635. The lowest BCUT2D eigenvalue weighted by atomic mass is 10.0. The van der Waals surface area contributed by atoms with Crippen LogP contribution in [-0.4, -0.2) is 63.6 Å². The second-order valence-electron chi connectivity index (χ2n) is 6.98. The van der Waals surface area contributed by atoms with Gasteiger partial charge < -0.3 is 20.7 Å². The van der Waals surface area contributed by atoms with Crippen LogP contribution >= 0.6 is 24.0 Å². The first-order chi connectivity index (χ1) is 13.7. The maximum atomic E-state index is 11.7. The third-order valence-corrected chi connectivity index (χ3v) is 4.98. The lowest BCUT2D eigenvalue weighted by molar-refractivity contribution is -0.120. The van der Waals surface area contributed by atoms with Crippen molar-refractivity contribution in [2.45, 2.75) is 38.6 Å². The highest BCUT2D eigenvalue weighted by Crippen LogP contribution is 2.31. The molecule has 0 saturated carbocycles. The fourth-order valence-electron chi connectivity index (χ4n) is 3.49. The number of amides is 1. The van der Waals surface area contributed by atoms with E-state index in [1.54, 1.807) is 14.2 Å². The summed E-state index contributed by atoms with van der Waals surface area (Å²) in [6.07, 6.45) is 3.84. The summed E-state index contributed by atoms with van der Waals surface area (Å²) >= 11 is 0. The van der Waals surface area contributed by atoms with E-state index in [-0.39, 0.29) is 35.9 Å². The lowest BCUT2D eigenvalue weighted by Crippen LogP contribution is -2.43. The molecule has 1 aliphatic rings. The van der Waals surface area contributed by atoms with E-state index in [2.05, 4.69) is 38.0 Å². The van der Waals surface area contributed by atoms with Gasteiger partial charge in [-0.1, -0.05) is 25.1 Å². The van der Waals surface area contributed by atoms with Crippen LogP contribution in [0, 0.1) is 0 Å². The molecule has 0 radical (unpaired) electrons. The van der Waals surface area contributed by atoms with Gasteiger partial charge in [-0.3, -0.25) is 14.7 Å². The number of carbonyl (C=O) groups is 1. The van der Waals surface area contributed by atoms with E-state index in [4.69, 9.17) is 4.74 Å². The largest absolute Gasteiger partial charge is 0.496 e. The summed E-state index contributed by atoms with van der Waals surface area (Å²) in [6.45, 7) is 6.23. The fourth-order valence-corrected chi connectivity index (χ4v) is 3.49. The molecule has 0 spiro atoms. The molecule has 2 rings (SSSR count). The zero-order valence-corrected chi connectivity index (χ0v) is 20.2. The number of methoxy groups -OCH3 is 1. The molecular weight excluding hydrogens is 481 g/mol. The molecule has 29 heavy (non-hydrogen) atoms. The summed E-state index contributed by atoms with van der Waals surface area (Å²) in [6, 6.07) is 8.42. The SMILES string of the molecule is CCCNC(=O)CCNC(=NC)NCC(c1ccccc1OC)N1CCCC1.I. The standard InChI is InChI=1S/C21H35N5O2.HI/c1-4-12-23-20(27)11-13-24-21(22-2)25-16-18(26-14-7-8-15-26)17-9-5-6-10-19(17)28-3;/h5-6,9-10,18H,4,7-8,11-16H2,1-3H3,(H,23,27)(H2,22,24,25);1H. The molecule has 0 aliphatic carbocycles. The highest BCUT2D eigenvalue weighted by molar-refractivity contribution is 14.0. The van der Waals surface area contributed by atoms with Crippen LogP contribution in [0.5, 0.6) is 5.75 Å². The number of rotatable bonds is 10. The highest BCUT2D eigenvalue weighted by atomic mass is 127. The average Bonchev–Trinajstić information content (AvgIpc) is 3.26. The Hall–Kier alpha value is -1.55. The third kappa shape index (κ3) is 8.38. The van der Waals surface area contributed by atoms with Gasteiger partial charge in [-0.25, -0.2) is 0 Å². The van der Waals surface area contributed by atoms with Crippen LogP contribution in [-0.2, 0) is 4.79 Å². The Balaban J connectivity index is 0.00000420. The molecule has 3 N–H and O–H groups in total. The predicted octanol–water partition coefficient (Wildman–Crippen LogP) is 2.53. The molecule has 164 valence electrons. The highest BCUT2D eigenvalue weighted by Gasteiger charge is 2.26. The number of nitrogens with one attached hydrogen (secondary N) is 3. The van der Waals surface area contributed by atoms with Gasteiger partial charge >= 0.3 is 0 Å². The van der Waals surface area contributed by atoms with Crippen molar-refractivity contribution in [2.75, 3.05) is 46.9 Å². The number of likely N-dealkylation sites (tertiary alicyclic amines) is 1. The second-order valence-corrected chi connectivity index (χ2v) is 6.98. The number of aliphatic imine (C=N–C) groups is 1. The van der Waals surface area contributed by atoms with Gasteiger partial charge in [-0.05, 0) is 38.4 Å². The summed E-state index contributed by atoms with van der Waals surface area (Å²) in [5, 5.41) is 9.54. The Morgan fingerprint density at radius 3 is 2.55 bits per heavy atom. The minimum atomic E-state index is 0. The van der Waals surface area contributed by atoms with E-state index >= 15 is 0 Å². The van der Waals surface area contributed by atoms with E-state index in [0.29, 0.717) is 18.9 Å². The van der Waals surface area contributed by atoms with Crippen molar-refractivity contribution in [1.82, 2.24) is 20.9 Å². The van der Waals surface area contributed by atoms with Crippen LogP contribution in [0.15, 0.2) is 29.3 Å². The minimum Gasteiger partial charge on any atom is -0.496 e. The summed E-state index contributed by atoms with van der Waals surface area (Å²) in [7, 11) is 3.47. The lowest BCUT2D eigenvalue weighted by Gasteiger charge is -2.30. The number of para-hydroxylation sites is 1. The summed E-state index contributed by atoms with van der Waals surface area (Å²) < 4.78 is 5.60. The summed E-state index contributed by atoms with van der Waals surface area (Å²) in [4.78, 5) is 18.5. The molecular formula is C21H36IN5O2. The molecule has 1 aliphatic heterocycles. The molecule has 1 fully saturated rings. The van der Waals surface area contributed by atoms with Gasteiger partial charge in [0.15, 0.2) is 5.96 Å². The maximum Gasteiger partial charge on any atom is 0.221 e. The van der Waals surface area contributed by atoms with Crippen LogP contribution < -0.4 is 20.7 Å². The number of carbonyl (C=O) groups excluding carboxylic acids is 1. The molecule has 1 amide bonds. The van der Waals surface area contributed by atoms with Crippen LogP contribution in [0.2, 0.25) is 0 Å². The van der Waals surface area contributed by atoms with Crippen LogP contribution in [0.4, 0.5) is 0 Å². The quantitative estimate of drug-likeness (QED) is 0.253. The van der Waals surface area contributed by atoms with Crippen molar-refractivity contribution in [3.63, 3.8) is 0 Å². The van der Waals surface area contributed by atoms with Crippen molar-refractivity contribution in [1.29, 1.82) is 0 Å². The number of hydrogen-bond donors (Lipinski definition) is 3. The van der Waals surface area contributed by atoms with Gasteiger partial charge in [0.25, 0.3) is 0 Å². The normalized spacial score (nSPS) is 15.3. The van der Waals surface area contributed by atoms with Crippen molar-refractivity contribution < 1.29 is 9.53 Å². The zero-order valence-electron chi connectivity index (χ0n) is 17.9. The van der Waals surface area contributed by atoms with Gasteiger partial charge in [-0.2, -0.15) is 0 Å². The van der Waals surface area contributed by atoms with Crippen molar-refractivity contribution in [2.24, 2.45) is 4.99 Å². The first-order valence-electron chi connectivity index (χ1n) is 10.3. The number of halogens is 1. The number of guanidine groups is 1. The topological polar surface area (TPSA) is 78.0 Å². The van der Waals surface area contributed by atoms with Crippen molar-refractivity contribution in [3.8, 4) is 5.75 Å². The summed E-state index contributed by atoms with van der Waals surface area (Å²) in [5.41, 5.74) is 1.19. The number of nitrogens with zero attached hydrogens (tertiary/aromatic N) is 2. The van der Waals surface area contributed by atoms with Crippen LogP contribution in [0.1, 0.15) is 44.2 Å². The Kier molecular flexibility index (Phi) is 12.7. The van der Waals surface area contributed by atoms with Crippen LogP contribution in [0.3, 0.4) is 0 Å². The van der Waals surface area contributed by atoms with Crippen molar-refractivity contribution >= 4 is 35.8 Å². The first-order valence-corrected chi connectivity index (χ1v) is 10.3. The molecule has 1 heterocycles. The molecule has 1 unspecified atom stereocenters. The molecule has 1 atom stereocenters. The van der Waals surface area contributed by atoms with E-state index < -0.39 is 0 Å². The van der Waals surface area contributed by atoms with E-state index in [1.807, 2.05) is 19.1 Å². The molecule has 7 nitrogen and oxygen atoms in total. The van der Waals surface area contributed by atoms with Crippen LogP contribution in [0.25, 0.3) is 0 Å². The minimum absolute atomic E-state index is 0. The van der Waals surface area contributed by atoms with E-state index in [0.717, 1.165) is 38.3 Å². The van der Waals surface area contributed by atoms with Gasteiger partial charge in [0.1, 0.15) is 5.75 Å². The second kappa shape index (κ2) is 14.4. The van der Waals surface area contributed by atoms with E-state index in [9.17, 15) is 4.79 Å². The zero-order chi connectivity index (χ0) is 20.2. The average molecular weight is 517 g/mol. The van der Waals surface area contributed by atoms with E-state index in [1.165, 1.54) is 18.4 Å².